The molecule has 3 unspecified atom stereocenters. The highest BCUT2D eigenvalue weighted by atomic mass is 16.7. The van der Waals surface area contributed by atoms with Crippen LogP contribution in [0.25, 0.3) is 0 Å². The van der Waals surface area contributed by atoms with Gasteiger partial charge in [-0.15, -0.1) is 0 Å². The minimum Gasteiger partial charge on any atom is -0.457 e. The molecule has 11 heteroatoms. The van der Waals surface area contributed by atoms with Crippen LogP contribution in [-0.2, 0) is 28.5 Å². The molecular formula is C36H57NO10. The fraction of sp³-hybridized carbons (Fsp3) is 0.944. The molecule has 2 saturated heterocycles. The van der Waals surface area contributed by atoms with E-state index >= 15 is 0 Å². The minimum absolute atomic E-state index is 0.0242. The second kappa shape index (κ2) is 10.7. The Morgan fingerprint density at radius 1 is 1.02 bits per heavy atom. The van der Waals surface area contributed by atoms with Gasteiger partial charge in [0.25, 0.3) is 0 Å². The fourth-order valence-electron chi connectivity index (χ4n) is 13.0. The Hall–Kier alpha value is -1.18. The number of hydrogen-bond acceptors (Lipinski definition) is 11. The van der Waals surface area contributed by atoms with Gasteiger partial charge in [-0.1, -0.05) is 27.7 Å². The van der Waals surface area contributed by atoms with Crippen molar-refractivity contribution in [3.05, 3.63) is 0 Å². The Bertz CT molecular complexity index is 1300. The number of carbonyl (C=O) groups is 2. The fourth-order valence-corrected chi connectivity index (χ4v) is 13.0. The van der Waals surface area contributed by atoms with E-state index in [9.17, 15) is 30.0 Å². The number of aliphatic hydroxyl groups excluding tert-OH is 3. The van der Waals surface area contributed by atoms with Crippen LogP contribution in [0.1, 0.15) is 99.8 Å². The molecule has 0 amide bonds. The minimum atomic E-state index is -1.35. The summed E-state index contributed by atoms with van der Waals surface area (Å²) in [6.07, 6.45) is -0.265. The molecule has 0 radical (unpaired) electrons. The summed E-state index contributed by atoms with van der Waals surface area (Å²) in [7, 11) is 0. The standard InChI is InChI=1S/C36H57NO10/c1-17-14-20(29(32(5,6)43)45-18(2)38)46-27-24(17)33(7)12-13-35-16-34(35)11-10-23(47-30-26(41)25(40)19(39)15-44-30)31(3,4)21(34)8-9-22(35)36(33,37)28(27)42/h17,19-27,29-30,39-41,43H,8-16,37H2,1-7H3/t17-,19?,20+,21+,22?,23+,24+,25+,26-,27?,29+,30+,33-,34-,35+,36+/m1/s1. The van der Waals surface area contributed by atoms with Gasteiger partial charge in [0.15, 0.2) is 18.2 Å². The SMILES string of the molecule is CC(=O)O[C@@H]([C@@H]1C[C@@H](C)[C@H]2C(O1)C(=O)[C@@]1(N)C3CC[C@H]4C(C)(C)[C@@H](O[C@@H]5OCC(O)[C@H](O)[C@H]5O)CC[C@@]45C[C@@]35CC[C@]21C)C(C)(C)O. The second-order valence-electron chi connectivity index (χ2n) is 18.1. The number of aliphatic hydroxyl groups is 4. The van der Waals surface area contributed by atoms with Crippen LogP contribution in [0.5, 0.6) is 0 Å². The van der Waals surface area contributed by atoms with Crippen LogP contribution in [-0.4, -0.2) is 98.9 Å². The molecule has 6 N–H and O–H groups in total. The van der Waals surface area contributed by atoms with E-state index in [1.807, 2.05) is 0 Å². The molecule has 2 aliphatic heterocycles. The van der Waals surface area contributed by atoms with Crippen molar-refractivity contribution >= 4 is 11.8 Å². The van der Waals surface area contributed by atoms with Crippen LogP contribution in [0, 0.1) is 45.3 Å². The molecule has 0 aromatic carbocycles. The van der Waals surface area contributed by atoms with Gasteiger partial charge >= 0.3 is 5.97 Å². The first-order valence-corrected chi connectivity index (χ1v) is 18.0. The zero-order chi connectivity index (χ0) is 34.3. The highest BCUT2D eigenvalue weighted by molar-refractivity contribution is 5.97. The van der Waals surface area contributed by atoms with E-state index in [4.69, 9.17) is 24.7 Å². The summed E-state index contributed by atoms with van der Waals surface area (Å²) in [6, 6.07) is 0. The molecule has 2 spiro atoms. The van der Waals surface area contributed by atoms with E-state index in [-0.39, 0.29) is 52.5 Å². The number of ketones is 1. The van der Waals surface area contributed by atoms with Crippen LogP contribution < -0.4 is 5.73 Å². The lowest BCUT2D eigenvalue weighted by Crippen LogP contribution is -2.69. The first-order valence-electron chi connectivity index (χ1n) is 18.0. The first-order chi connectivity index (χ1) is 21.8. The quantitative estimate of drug-likeness (QED) is 0.215. The molecular weight excluding hydrogens is 606 g/mol. The molecule has 266 valence electrons. The smallest absolute Gasteiger partial charge is 0.303 e. The Kier molecular flexibility index (Phi) is 7.78. The van der Waals surface area contributed by atoms with E-state index < -0.39 is 65.4 Å². The molecule has 0 bridgehead atoms. The summed E-state index contributed by atoms with van der Waals surface area (Å²) in [4.78, 5) is 26.8. The summed E-state index contributed by atoms with van der Waals surface area (Å²) in [5, 5.41) is 41.7. The summed E-state index contributed by atoms with van der Waals surface area (Å²) in [5.41, 5.74) is 4.56. The van der Waals surface area contributed by atoms with Crippen molar-refractivity contribution in [1.82, 2.24) is 0 Å². The molecule has 7 fully saturated rings. The highest BCUT2D eigenvalue weighted by Crippen LogP contribution is 2.87. The van der Waals surface area contributed by atoms with E-state index in [1.165, 1.54) is 6.92 Å². The Labute approximate surface area is 278 Å². The van der Waals surface area contributed by atoms with Crippen molar-refractivity contribution in [3.8, 4) is 0 Å². The lowest BCUT2D eigenvalue weighted by atomic mass is 9.43. The van der Waals surface area contributed by atoms with Gasteiger partial charge in [0.05, 0.1) is 30.0 Å². The lowest BCUT2D eigenvalue weighted by Gasteiger charge is -2.62. The van der Waals surface area contributed by atoms with Crippen molar-refractivity contribution < 1.29 is 49.0 Å². The summed E-state index contributed by atoms with van der Waals surface area (Å²) in [5.74, 6) is -0.126. The maximum atomic E-state index is 14.8. The maximum absolute atomic E-state index is 14.8. The van der Waals surface area contributed by atoms with Crippen molar-refractivity contribution in [2.24, 2.45) is 51.1 Å². The molecule has 47 heavy (non-hydrogen) atoms. The number of Topliss-reactive ketones (excluding diaryl/α,β-unsaturated/α-hetero) is 1. The van der Waals surface area contributed by atoms with Gasteiger partial charge in [-0.05, 0) is 105 Å². The van der Waals surface area contributed by atoms with Crippen LogP contribution in [0.15, 0.2) is 0 Å². The van der Waals surface area contributed by atoms with E-state index in [1.54, 1.807) is 13.8 Å². The van der Waals surface area contributed by atoms with Gasteiger partial charge < -0.3 is 45.1 Å². The molecule has 5 saturated carbocycles. The van der Waals surface area contributed by atoms with Crippen LogP contribution in [0.3, 0.4) is 0 Å². The van der Waals surface area contributed by atoms with Gasteiger partial charge in [-0.25, -0.2) is 0 Å². The molecule has 5 aliphatic carbocycles. The van der Waals surface area contributed by atoms with Crippen LogP contribution >= 0.6 is 0 Å². The normalized spacial score (nSPS) is 53.9. The lowest BCUT2D eigenvalue weighted by molar-refractivity contribution is -0.302. The topological polar surface area (TPSA) is 178 Å². The molecule has 7 rings (SSSR count). The zero-order valence-corrected chi connectivity index (χ0v) is 29.1. The second-order valence-corrected chi connectivity index (χ2v) is 18.1. The Morgan fingerprint density at radius 3 is 2.34 bits per heavy atom. The number of fused-ring (bicyclic) bond motifs is 4. The third kappa shape index (κ3) is 4.45. The average Bonchev–Trinajstić information content (AvgIpc) is 3.61. The Balaban J connectivity index is 1.15. The van der Waals surface area contributed by atoms with Gasteiger partial charge in [-0.3, -0.25) is 9.59 Å². The summed E-state index contributed by atoms with van der Waals surface area (Å²) in [6.45, 7) is 13.3. The summed E-state index contributed by atoms with van der Waals surface area (Å²) >= 11 is 0. The van der Waals surface area contributed by atoms with E-state index in [0.29, 0.717) is 12.3 Å². The molecule has 16 atom stereocenters. The van der Waals surface area contributed by atoms with Crippen LogP contribution in [0.2, 0.25) is 0 Å². The number of ether oxygens (including phenoxy) is 4. The van der Waals surface area contributed by atoms with Gasteiger partial charge in [-0.2, -0.15) is 0 Å². The number of hydrogen-bond donors (Lipinski definition) is 5. The Morgan fingerprint density at radius 2 is 1.68 bits per heavy atom. The average molecular weight is 664 g/mol. The van der Waals surface area contributed by atoms with Crippen molar-refractivity contribution in [2.75, 3.05) is 6.61 Å². The van der Waals surface area contributed by atoms with E-state index in [2.05, 4.69) is 27.7 Å². The van der Waals surface area contributed by atoms with Gasteiger partial charge in [0.2, 0.25) is 0 Å². The van der Waals surface area contributed by atoms with E-state index in [0.717, 1.165) is 44.9 Å². The number of nitrogens with two attached hydrogens (primary N) is 1. The van der Waals surface area contributed by atoms with Crippen molar-refractivity contribution in [3.63, 3.8) is 0 Å². The summed E-state index contributed by atoms with van der Waals surface area (Å²) < 4.78 is 24.3. The third-order valence-electron chi connectivity index (χ3n) is 15.1. The highest BCUT2D eigenvalue weighted by Gasteiger charge is 2.85. The largest absolute Gasteiger partial charge is 0.457 e. The predicted octanol–water partition coefficient (Wildman–Crippen LogP) is 2.23. The van der Waals surface area contributed by atoms with Crippen molar-refractivity contribution in [2.45, 2.75) is 160 Å². The first kappa shape index (κ1) is 34.3. The molecule has 2 heterocycles. The number of rotatable bonds is 5. The zero-order valence-electron chi connectivity index (χ0n) is 29.1. The molecule has 0 aromatic heterocycles. The maximum Gasteiger partial charge on any atom is 0.303 e. The van der Waals surface area contributed by atoms with Crippen molar-refractivity contribution in [1.29, 1.82) is 0 Å². The van der Waals surface area contributed by atoms with Gasteiger partial charge in [0, 0.05) is 12.8 Å². The molecule has 0 aromatic rings. The molecule has 11 nitrogen and oxygen atoms in total. The number of esters is 1. The molecule has 7 aliphatic rings. The third-order valence-corrected chi connectivity index (χ3v) is 15.1. The number of carbonyl (C=O) groups excluding carboxylic acids is 2. The monoisotopic (exact) mass is 663 g/mol. The predicted molar refractivity (Wildman–Crippen MR) is 168 cm³/mol. The van der Waals surface area contributed by atoms with Crippen LogP contribution in [0.4, 0.5) is 0 Å². The van der Waals surface area contributed by atoms with Gasteiger partial charge in [0.1, 0.15) is 24.4 Å².